The minimum atomic E-state index is -0.514. The number of aromatic nitrogens is 1. The van der Waals surface area contributed by atoms with E-state index in [2.05, 4.69) is 31.0 Å². The monoisotopic (exact) mass is 372 g/mol. The van der Waals surface area contributed by atoms with Gasteiger partial charge in [0.15, 0.2) is 5.13 Å². The highest BCUT2D eigenvalue weighted by Gasteiger charge is 2.12. The molecule has 8 heteroatoms. The fraction of sp³-hybridized carbons (Fsp3) is 0.154. The Morgan fingerprint density at radius 2 is 2.19 bits per heavy atom. The van der Waals surface area contributed by atoms with E-state index in [4.69, 9.17) is 0 Å². The molecule has 0 saturated heterocycles. The number of rotatable bonds is 4. The highest BCUT2D eigenvalue weighted by Crippen LogP contribution is 2.19. The van der Waals surface area contributed by atoms with Crippen LogP contribution in [-0.2, 0) is 16.0 Å². The van der Waals surface area contributed by atoms with Crippen LogP contribution in [0.4, 0.5) is 9.52 Å². The Morgan fingerprint density at radius 1 is 1.43 bits per heavy atom. The predicted octanol–water partition coefficient (Wildman–Crippen LogP) is 3.01. The first-order valence-corrected chi connectivity index (χ1v) is 7.44. The summed E-state index contributed by atoms with van der Waals surface area (Å²) in [5.74, 6) is -1.40. The van der Waals surface area contributed by atoms with E-state index < -0.39 is 17.7 Å². The van der Waals surface area contributed by atoms with Crippen LogP contribution in [0, 0.1) is 5.82 Å². The maximum Gasteiger partial charge on any atom is 0.311 e. The summed E-state index contributed by atoms with van der Waals surface area (Å²) in [6.45, 7) is 0. The zero-order chi connectivity index (χ0) is 15.4. The molecule has 0 spiro atoms. The fourth-order valence-corrected chi connectivity index (χ4v) is 2.69. The second-order valence-corrected chi connectivity index (χ2v) is 5.78. The van der Waals surface area contributed by atoms with Crippen LogP contribution < -0.4 is 5.32 Å². The predicted molar refractivity (Wildman–Crippen MR) is 79.9 cm³/mol. The third kappa shape index (κ3) is 4.33. The van der Waals surface area contributed by atoms with Gasteiger partial charge in [-0.15, -0.1) is 11.3 Å². The number of nitrogens with one attached hydrogen (secondary N) is 1. The standard InChI is InChI=1S/C13H10BrFN2O3S/c1-20-11(18)5-10-6-21-13(16-10)17-12(19)7-2-8(14)4-9(15)3-7/h2-4,6H,5H2,1H3,(H,16,17,19). The first kappa shape index (κ1) is 15.6. The molecule has 0 aliphatic rings. The summed E-state index contributed by atoms with van der Waals surface area (Å²) >= 11 is 4.30. The van der Waals surface area contributed by atoms with E-state index >= 15 is 0 Å². The zero-order valence-corrected chi connectivity index (χ0v) is 13.3. The molecule has 0 aliphatic heterocycles. The van der Waals surface area contributed by atoms with Crippen molar-refractivity contribution in [1.82, 2.24) is 4.98 Å². The van der Waals surface area contributed by atoms with Crippen molar-refractivity contribution in [2.24, 2.45) is 0 Å². The van der Waals surface area contributed by atoms with Crippen molar-refractivity contribution < 1.29 is 18.7 Å². The molecule has 0 bridgehead atoms. The maximum atomic E-state index is 13.2. The van der Waals surface area contributed by atoms with Crippen molar-refractivity contribution in [3.63, 3.8) is 0 Å². The molecule has 1 N–H and O–H groups in total. The van der Waals surface area contributed by atoms with Crippen molar-refractivity contribution >= 4 is 44.3 Å². The van der Waals surface area contributed by atoms with E-state index in [1.165, 1.54) is 30.6 Å². The lowest BCUT2D eigenvalue weighted by Crippen LogP contribution is -2.12. The zero-order valence-electron chi connectivity index (χ0n) is 10.9. The second-order valence-electron chi connectivity index (χ2n) is 4.01. The lowest BCUT2D eigenvalue weighted by Gasteiger charge is -2.02. The van der Waals surface area contributed by atoms with E-state index in [1.54, 1.807) is 5.38 Å². The third-order valence-electron chi connectivity index (χ3n) is 2.45. The third-order valence-corrected chi connectivity index (χ3v) is 3.71. The average Bonchev–Trinajstić information content (AvgIpc) is 2.84. The number of anilines is 1. The van der Waals surface area contributed by atoms with E-state index in [9.17, 15) is 14.0 Å². The fourth-order valence-electron chi connectivity index (χ4n) is 1.52. The van der Waals surface area contributed by atoms with Gasteiger partial charge in [-0.2, -0.15) is 0 Å². The van der Waals surface area contributed by atoms with E-state index in [0.717, 1.165) is 6.07 Å². The Balaban J connectivity index is 2.07. The molecule has 0 fully saturated rings. The van der Waals surface area contributed by atoms with Gasteiger partial charge in [-0.1, -0.05) is 15.9 Å². The van der Waals surface area contributed by atoms with E-state index in [0.29, 0.717) is 15.3 Å². The summed E-state index contributed by atoms with van der Waals surface area (Å²) in [6, 6.07) is 3.89. The number of ether oxygens (including phenoxy) is 1. The van der Waals surface area contributed by atoms with Crippen LogP contribution in [-0.4, -0.2) is 24.0 Å². The molecule has 2 rings (SSSR count). The molecule has 0 radical (unpaired) electrons. The van der Waals surface area contributed by atoms with E-state index in [-0.39, 0.29) is 12.0 Å². The number of carbonyl (C=O) groups is 2. The van der Waals surface area contributed by atoms with E-state index in [1.807, 2.05) is 0 Å². The van der Waals surface area contributed by atoms with Gasteiger partial charge in [-0.05, 0) is 18.2 Å². The lowest BCUT2D eigenvalue weighted by molar-refractivity contribution is -0.139. The molecule has 1 amide bonds. The summed E-state index contributed by atoms with van der Waals surface area (Å²) in [5, 5.41) is 4.53. The smallest absolute Gasteiger partial charge is 0.311 e. The molecule has 0 aliphatic carbocycles. The molecule has 1 aromatic carbocycles. The molecule has 0 saturated carbocycles. The number of thiazole rings is 1. The summed E-state index contributed by atoms with van der Waals surface area (Å²) in [5.41, 5.74) is 0.675. The Hall–Kier alpha value is -1.80. The van der Waals surface area contributed by atoms with Gasteiger partial charge in [0.2, 0.25) is 0 Å². The molecular weight excluding hydrogens is 363 g/mol. The van der Waals surface area contributed by atoms with Crippen LogP contribution in [0.25, 0.3) is 0 Å². The number of hydrogen-bond acceptors (Lipinski definition) is 5. The number of benzene rings is 1. The van der Waals surface area contributed by atoms with Crippen LogP contribution in [0.5, 0.6) is 0 Å². The lowest BCUT2D eigenvalue weighted by atomic mass is 10.2. The number of methoxy groups -OCH3 is 1. The number of halogens is 2. The summed E-state index contributed by atoms with van der Waals surface area (Å²) in [6.07, 6.45) is 0.0361. The summed E-state index contributed by atoms with van der Waals surface area (Å²) < 4.78 is 18.2. The number of nitrogens with zero attached hydrogens (tertiary/aromatic N) is 1. The van der Waals surface area contributed by atoms with Crippen LogP contribution in [0.15, 0.2) is 28.1 Å². The minimum Gasteiger partial charge on any atom is -0.469 e. The highest BCUT2D eigenvalue weighted by atomic mass is 79.9. The Morgan fingerprint density at radius 3 is 2.86 bits per heavy atom. The minimum absolute atomic E-state index is 0.0361. The summed E-state index contributed by atoms with van der Waals surface area (Å²) in [7, 11) is 1.29. The molecule has 0 atom stereocenters. The SMILES string of the molecule is COC(=O)Cc1csc(NC(=O)c2cc(F)cc(Br)c2)n1. The van der Waals surface area contributed by atoms with Crippen LogP contribution in [0.1, 0.15) is 16.1 Å². The van der Waals surface area contributed by atoms with Gasteiger partial charge in [-0.3, -0.25) is 14.9 Å². The first-order valence-electron chi connectivity index (χ1n) is 5.76. The first-order chi connectivity index (χ1) is 9.97. The molecule has 2 aromatic rings. The van der Waals surface area contributed by atoms with Gasteiger partial charge in [0.25, 0.3) is 5.91 Å². The van der Waals surface area contributed by atoms with Crippen molar-refractivity contribution in [1.29, 1.82) is 0 Å². The molecule has 110 valence electrons. The molecule has 1 aromatic heterocycles. The van der Waals surface area contributed by atoms with Crippen LogP contribution in [0.2, 0.25) is 0 Å². The largest absolute Gasteiger partial charge is 0.469 e. The molecule has 21 heavy (non-hydrogen) atoms. The van der Waals surface area contributed by atoms with Gasteiger partial charge in [0.05, 0.1) is 19.2 Å². The molecule has 0 unspecified atom stereocenters. The van der Waals surface area contributed by atoms with Crippen LogP contribution in [0.3, 0.4) is 0 Å². The Bertz CT molecular complexity index is 670. The highest BCUT2D eigenvalue weighted by molar-refractivity contribution is 9.10. The molecule has 1 heterocycles. The van der Waals surface area contributed by atoms with Crippen molar-refractivity contribution in [2.75, 3.05) is 12.4 Å². The van der Waals surface area contributed by atoms with Crippen molar-refractivity contribution in [2.45, 2.75) is 6.42 Å². The Labute approximate surface area is 132 Å². The van der Waals surface area contributed by atoms with Crippen molar-refractivity contribution in [3.05, 3.63) is 45.1 Å². The van der Waals surface area contributed by atoms with Gasteiger partial charge < -0.3 is 4.74 Å². The van der Waals surface area contributed by atoms with Gasteiger partial charge >= 0.3 is 5.97 Å². The van der Waals surface area contributed by atoms with Crippen molar-refractivity contribution in [3.8, 4) is 0 Å². The Kier molecular flexibility index (Phi) is 5.03. The second kappa shape index (κ2) is 6.77. The maximum absolute atomic E-state index is 13.2. The van der Waals surface area contributed by atoms with Crippen LogP contribution >= 0.6 is 27.3 Å². The number of esters is 1. The van der Waals surface area contributed by atoms with Gasteiger partial charge in [-0.25, -0.2) is 9.37 Å². The number of amides is 1. The van der Waals surface area contributed by atoms with Gasteiger partial charge in [0.1, 0.15) is 5.82 Å². The average molecular weight is 373 g/mol. The molecular formula is C13H10BrFN2O3S. The summed E-state index contributed by atoms with van der Waals surface area (Å²) in [4.78, 5) is 27.2. The molecule has 5 nitrogen and oxygen atoms in total. The topological polar surface area (TPSA) is 68.3 Å². The number of hydrogen-bond donors (Lipinski definition) is 1. The number of carbonyl (C=O) groups excluding carboxylic acids is 2. The quantitative estimate of drug-likeness (QED) is 0.837. The normalized spacial score (nSPS) is 10.2. The van der Waals surface area contributed by atoms with Gasteiger partial charge in [0, 0.05) is 15.4 Å².